The molecule has 6 nitrogen and oxygen atoms in total. The summed E-state index contributed by atoms with van der Waals surface area (Å²) in [6.45, 7) is 9.00. The van der Waals surface area contributed by atoms with Gasteiger partial charge < -0.3 is 19.8 Å². The molecule has 2 aromatic rings. The number of aromatic hydroxyl groups is 1. The van der Waals surface area contributed by atoms with E-state index in [9.17, 15) is 23.5 Å². The summed E-state index contributed by atoms with van der Waals surface area (Å²) in [6.07, 6.45) is 0. The standard InChI is InChI=1S/C13H8F2O3.C8H17NO2/c14-8-2-3-9(11(15)6-8)7-1-4-12(16)10(5-7)13(17)18;1-4-9(5-2)6-7-11-8(3)10/h1-6,16H,(H,17,18);4-7H2,1-3H3. The van der Waals surface area contributed by atoms with Crippen LogP contribution in [0.25, 0.3) is 11.1 Å². The first kappa shape index (κ1) is 24.0. The smallest absolute Gasteiger partial charge is 0.339 e. The van der Waals surface area contributed by atoms with Crippen LogP contribution in [0, 0.1) is 11.6 Å². The van der Waals surface area contributed by atoms with E-state index in [0.29, 0.717) is 12.7 Å². The molecule has 0 bridgehead atoms. The number of benzene rings is 2. The van der Waals surface area contributed by atoms with Crippen molar-refractivity contribution in [3.63, 3.8) is 0 Å². The summed E-state index contributed by atoms with van der Waals surface area (Å²) in [5.74, 6) is -3.44. The third-order valence-electron chi connectivity index (χ3n) is 4.08. The zero-order valence-corrected chi connectivity index (χ0v) is 16.6. The number of aromatic carboxylic acids is 1. The second-order valence-electron chi connectivity index (χ2n) is 6.03. The number of likely N-dealkylation sites (N-methyl/N-ethyl adjacent to an activating group) is 1. The van der Waals surface area contributed by atoms with E-state index in [1.807, 2.05) is 0 Å². The maximum atomic E-state index is 13.5. The summed E-state index contributed by atoms with van der Waals surface area (Å²) < 4.78 is 31.1. The fourth-order valence-electron chi connectivity index (χ4n) is 2.46. The predicted octanol–water partition coefficient (Wildman–Crippen LogP) is 3.93. The van der Waals surface area contributed by atoms with Crippen molar-refractivity contribution in [3.05, 3.63) is 53.6 Å². The van der Waals surface area contributed by atoms with Crippen molar-refractivity contribution in [2.75, 3.05) is 26.2 Å². The minimum atomic E-state index is -1.32. The highest BCUT2D eigenvalue weighted by Gasteiger charge is 2.13. The van der Waals surface area contributed by atoms with E-state index in [0.717, 1.165) is 37.8 Å². The van der Waals surface area contributed by atoms with E-state index in [1.54, 1.807) is 0 Å². The molecule has 0 aliphatic rings. The van der Waals surface area contributed by atoms with Gasteiger partial charge in [0.1, 0.15) is 29.6 Å². The van der Waals surface area contributed by atoms with E-state index in [2.05, 4.69) is 18.7 Å². The van der Waals surface area contributed by atoms with Crippen LogP contribution in [0.2, 0.25) is 0 Å². The van der Waals surface area contributed by atoms with Gasteiger partial charge in [-0.25, -0.2) is 13.6 Å². The van der Waals surface area contributed by atoms with Crippen LogP contribution < -0.4 is 0 Å². The Balaban J connectivity index is 0.000000331. The van der Waals surface area contributed by atoms with Crippen molar-refractivity contribution < 1.29 is 33.3 Å². The highest BCUT2D eigenvalue weighted by Crippen LogP contribution is 2.28. The largest absolute Gasteiger partial charge is 0.507 e. The van der Waals surface area contributed by atoms with Crippen LogP contribution in [-0.2, 0) is 9.53 Å². The molecule has 2 aromatic carbocycles. The Morgan fingerprint density at radius 2 is 1.72 bits per heavy atom. The Labute approximate surface area is 168 Å². The molecule has 0 aromatic heterocycles. The molecule has 0 radical (unpaired) electrons. The van der Waals surface area contributed by atoms with Gasteiger partial charge in [0, 0.05) is 25.1 Å². The van der Waals surface area contributed by atoms with Crippen LogP contribution in [-0.4, -0.2) is 53.3 Å². The van der Waals surface area contributed by atoms with Crippen LogP contribution >= 0.6 is 0 Å². The fourth-order valence-corrected chi connectivity index (χ4v) is 2.46. The number of hydrogen-bond acceptors (Lipinski definition) is 5. The van der Waals surface area contributed by atoms with Gasteiger partial charge in [0.15, 0.2) is 0 Å². The number of carbonyl (C=O) groups excluding carboxylic acids is 1. The van der Waals surface area contributed by atoms with Crippen molar-refractivity contribution >= 4 is 11.9 Å². The fraction of sp³-hybridized carbons (Fsp3) is 0.333. The van der Waals surface area contributed by atoms with Crippen molar-refractivity contribution in [3.8, 4) is 16.9 Å². The molecule has 2 N–H and O–H groups in total. The normalized spacial score (nSPS) is 10.3. The Hall–Kier alpha value is -3.00. The molecule has 0 aliphatic carbocycles. The highest BCUT2D eigenvalue weighted by molar-refractivity contribution is 5.92. The van der Waals surface area contributed by atoms with E-state index in [4.69, 9.17) is 9.84 Å². The SMILES string of the molecule is CCN(CC)CCOC(C)=O.O=C(O)c1cc(-c2ccc(F)cc2F)ccc1O. The molecule has 0 heterocycles. The maximum absolute atomic E-state index is 13.5. The first-order valence-corrected chi connectivity index (χ1v) is 9.07. The van der Waals surface area contributed by atoms with E-state index in [1.165, 1.54) is 19.1 Å². The molecule has 0 saturated carbocycles. The number of halogens is 2. The van der Waals surface area contributed by atoms with Gasteiger partial charge in [-0.15, -0.1) is 0 Å². The van der Waals surface area contributed by atoms with Crippen molar-refractivity contribution in [2.24, 2.45) is 0 Å². The van der Waals surface area contributed by atoms with Crippen molar-refractivity contribution in [2.45, 2.75) is 20.8 Å². The molecule has 0 spiro atoms. The third kappa shape index (κ3) is 7.87. The number of carbonyl (C=O) groups is 2. The van der Waals surface area contributed by atoms with E-state index in [-0.39, 0.29) is 22.7 Å². The second kappa shape index (κ2) is 11.8. The first-order valence-electron chi connectivity index (χ1n) is 9.07. The molecule has 0 amide bonds. The van der Waals surface area contributed by atoms with Gasteiger partial charge in [-0.05, 0) is 42.9 Å². The zero-order valence-electron chi connectivity index (χ0n) is 16.6. The van der Waals surface area contributed by atoms with Crippen molar-refractivity contribution in [1.29, 1.82) is 0 Å². The van der Waals surface area contributed by atoms with Gasteiger partial charge in [0.2, 0.25) is 0 Å². The van der Waals surface area contributed by atoms with Crippen LogP contribution in [0.4, 0.5) is 8.78 Å². The topological polar surface area (TPSA) is 87.1 Å². The molecule has 158 valence electrons. The van der Waals surface area contributed by atoms with Crippen LogP contribution in [0.15, 0.2) is 36.4 Å². The average molecular weight is 409 g/mol. The van der Waals surface area contributed by atoms with E-state index >= 15 is 0 Å². The number of ether oxygens (including phenoxy) is 1. The second-order valence-corrected chi connectivity index (χ2v) is 6.03. The van der Waals surface area contributed by atoms with Crippen LogP contribution in [0.1, 0.15) is 31.1 Å². The summed E-state index contributed by atoms with van der Waals surface area (Å²) in [7, 11) is 0. The lowest BCUT2D eigenvalue weighted by atomic mass is 10.0. The summed E-state index contributed by atoms with van der Waals surface area (Å²) in [6, 6.07) is 6.64. The van der Waals surface area contributed by atoms with Crippen molar-refractivity contribution in [1.82, 2.24) is 4.90 Å². The van der Waals surface area contributed by atoms with Gasteiger partial charge in [0.25, 0.3) is 0 Å². The van der Waals surface area contributed by atoms with Gasteiger partial charge >= 0.3 is 11.9 Å². The number of esters is 1. The minimum absolute atomic E-state index is 0.0684. The predicted molar refractivity (Wildman–Crippen MR) is 105 cm³/mol. The Morgan fingerprint density at radius 1 is 1.07 bits per heavy atom. The zero-order chi connectivity index (χ0) is 22.0. The molecule has 0 atom stereocenters. The number of carboxylic acid groups (broad SMARTS) is 1. The Morgan fingerprint density at radius 3 is 2.24 bits per heavy atom. The average Bonchev–Trinajstić information content (AvgIpc) is 2.66. The summed E-state index contributed by atoms with van der Waals surface area (Å²) in [4.78, 5) is 23.4. The van der Waals surface area contributed by atoms with Crippen LogP contribution in [0.3, 0.4) is 0 Å². The lowest BCUT2D eigenvalue weighted by molar-refractivity contribution is -0.141. The number of phenols is 1. The van der Waals surface area contributed by atoms with Gasteiger partial charge in [-0.2, -0.15) is 0 Å². The molecular formula is C21H25F2NO5. The number of hydrogen-bond donors (Lipinski definition) is 2. The number of carboxylic acids is 1. The minimum Gasteiger partial charge on any atom is -0.507 e. The molecule has 8 heteroatoms. The van der Waals surface area contributed by atoms with Gasteiger partial charge in [-0.1, -0.05) is 19.9 Å². The molecule has 2 rings (SSSR count). The Bertz CT molecular complexity index is 838. The third-order valence-corrected chi connectivity index (χ3v) is 4.08. The first-order chi connectivity index (χ1) is 13.7. The van der Waals surface area contributed by atoms with E-state index < -0.39 is 23.4 Å². The number of nitrogens with zero attached hydrogens (tertiary/aromatic N) is 1. The molecule has 29 heavy (non-hydrogen) atoms. The number of rotatable bonds is 7. The molecule has 0 unspecified atom stereocenters. The molecule has 0 fully saturated rings. The lowest BCUT2D eigenvalue weighted by Crippen LogP contribution is -2.27. The van der Waals surface area contributed by atoms with Gasteiger partial charge in [0.05, 0.1) is 0 Å². The monoisotopic (exact) mass is 409 g/mol. The summed E-state index contributed by atoms with van der Waals surface area (Å²) in [5, 5.41) is 18.2. The van der Waals surface area contributed by atoms with Crippen LogP contribution in [0.5, 0.6) is 5.75 Å². The molecular weight excluding hydrogens is 384 g/mol. The maximum Gasteiger partial charge on any atom is 0.339 e. The highest BCUT2D eigenvalue weighted by atomic mass is 19.1. The summed E-state index contributed by atoms with van der Waals surface area (Å²) in [5.41, 5.74) is -0.0159. The quantitative estimate of drug-likeness (QED) is 0.674. The lowest BCUT2D eigenvalue weighted by Gasteiger charge is -2.16. The summed E-state index contributed by atoms with van der Waals surface area (Å²) >= 11 is 0. The van der Waals surface area contributed by atoms with Gasteiger partial charge in [-0.3, -0.25) is 4.79 Å². The molecule has 0 saturated heterocycles. The molecule has 0 aliphatic heterocycles. The Kier molecular flexibility index (Phi) is 9.74.